The number of imide groups is 1. The molecule has 2 aromatic carbocycles. The van der Waals surface area contributed by atoms with Gasteiger partial charge in [0.2, 0.25) is 29.3 Å². The van der Waals surface area contributed by atoms with Gasteiger partial charge in [-0.05, 0) is 96.2 Å². The molecule has 5 rings (SSSR count). The summed E-state index contributed by atoms with van der Waals surface area (Å²) in [5, 5.41) is 4.21. The highest BCUT2D eigenvalue weighted by Gasteiger charge is 2.45. The predicted octanol–water partition coefficient (Wildman–Crippen LogP) is 5.45. The summed E-state index contributed by atoms with van der Waals surface area (Å²) in [6.45, 7) is 10.4. The number of likely N-dealkylation sites (tertiary alicyclic amines) is 1. The number of anilines is 1. The molecule has 3 heterocycles. The quantitative estimate of drug-likeness (QED) is 0.0273. The number of allylic oxidation sites excluding steroid dienone is 6. The molecule has 378 valence electrons. The van der Waals surface area contributed by atoms with Crippen LogP contribution in [0.1, 0.15) is 115 Å². The molecule has 0 bridgehead atoms. The summed E-state index contributed by atoms with van der Waals surface area (Å²) in [5.41, 5.74) is 4.98. The normalized spacial score (nSPS) is 19.3. The number of aryl methyl sites for hydroxylation is 1. The smallest absolute Gasteiger partial charge is 0.294 e. The van der Waals surface area contributed by atoms with Crippen LogP contribution in [-0.2, 0) is 60.4 Å². The van der Waals surface area contributed by atoms with Gasteiger partial charge >= 0.3 is 0 Å². The van der Waals surface area contributed by atoms with Crippen molar-refractivity contribution in [2.75, 3.05) is 43.4 Å². The number of hydrogen-bond acceptors (Lipinski definition) is 11. The van der Waals surface area contributed by atoms with Crippen LogP contribution in [0.5, 0.6) is 0 Å². The largest absolute Gasteiger partial charge is 0.355 e. The minimum atomic E-state index is -4.60. The summed E-state index contributed by atoms with van der Waals surface area (Å²) >= 11 is 0. The van der Waals surface area contributed by atoms with Crippen molar-refractivity contribution >= 4 is 71.1 Å². The van der Waals surface area contributed by atoms with E-state index in [1.54, 1.807) is 6.07 Å². The molecule has 3 aliphatic rings. The van der Waals surface area contributed by atoms with E-state index in [9.17, 15) is 58.1 Å². The van der Waals surface area contributed by atoms with Gasteiger partial charge in [0.1, 0.15) is 11.8 Å². The number of rotatable bonds is 25. The lowest BCUT2D eigenvalue weighted by Gasteiger charge is -2.30. The Bertz CT molecular complexity index is 2750. The van der Waals surface area contributed by atoms with Gasteiger partial charge in [0.15, 0.2) is 5.71 Å². The molecule has 0 radical (unpaired) electrons. The summed E-state index contributed by atoms with van der Waals surface area (Å²) in [5.74, 6) is -1.54. The Morgan fingerprint density at radius 1 is 0.783 bits per heavy atom. The minimum Gasteiger partial charge on any atom is -0.355 e. The zero-order valence-corrected chi connectivity index (χ0v) is 42.4. The first-order valence-corrected chi connectivity index (χ1v) is 27.8. The molecule has 0 saturated carbocycles. The highest BCUT2D eigenvalue weighted by Crippen LogP contribution is 2.51. The number of fused-ring (bicyclic) bond motifs is 2. The summed E-state index contributed by atoms with van der Waals surface area (Å²) in [7, 11) is -13.2. The molecule has 5 N–H and O–H groups in total. The number of nitrogens with zero attached hydrogens (tertiary/aromatic N) is 3. The van der Waals surface area contributed by atoms with E-state index < -0.39 is 52.2 Å². The zero-order chi connectivity index (χ0) is 51.0. The van der Waals surface area contributed by atoms with Crippen LogP contribution in [0.2, 0.25) is 0 Å². The molecule has 4 amide bonds. The number of carbonyl (C=O) groups is 4. The van der Waals surface area contributed by atoms with Crippen molar-refractivity contribution in [2.45, 2.75) is 126 Å². The van der Waals surface area contributed by atoms with E-state index >= 15 is 0 Å². The van der Waals surface area contributed by atoms with E-state index in [2.05, 4.69) is 41.2 Å². The third kappa shape index (κ3) is 14.3. The second-order valence-electron chi connectivity index (χ2n) is 18.7. The molecule has 0 aromatic heterocycles. The van der Waals surface area contributed by atoms with Gasteiger partial charge in [0.25, 0.3) is 30.4 Å². The number of benzene rings is 2. The van der Waals surface area contributed by atoms with Gasteiger partial charge in [-0.1, -0.05) is 42.7 Å². The Morgan fingerprint density at radius 3 is 2.10 bits per heavy atom. The Balaban J connectivity index is 1.37. The summed E-state index contributed by atoms with van der Waals surface area (Å²) in [6.07, 6.45) is 13.7. The summed E-state index contributed by atoms with van der Waals surface area (Å²) in [4.78, 5) is 51.7. The number of hydrogen-bond donors (Lipinski definition) is 5. The summed E-state index contributed by atoms with van der Waals surface area (Å²) < 4.78 is 102. The van der Waals surface area contributed by atoms with Crippen molar-refractivity contribution in [1.29, 1.82) is 0 Å². The van der Waals surface area contributed by atoms with E-state index in [1.165, 1.54) is 19.1 Å². The monoisotopic (exact) mass is 1020 g/mol. The molecule has 0 spiro atoms. The van der Waals surface area contributed by atoms with Crippen LogP contribution in [-0.4, -0.2) is 121 Å². The SMILES string of the molecule is Cc1ccc2c(c1)C(C)(C)C(C=CC=CC=C1N(CCCS(=O)(=O)O)c3ccc(S(=O)(=O)O)cc3C1(C)CCCCCC(=O)NCCN1C(=O)CCC1=O)=[N+]2CCCCC(=O)NCC(C)S(=O)(=O)O. The minimum absolute atomic E-state index is 0.0474. The highest BCUT2D eigenvalue weighted by molar-refractivity contribution is 7.86. The molecule has 0 aliphatic carbocycles. The van der Waals surface area contributed by atoms with Crippen LogP contribution in [0, 0.1) is 6.92 Å². The van der Waals surface area contributed by atoms with E-state index in [1.807, 2.05) is 55.2 Å². The van der Waals surface area contributed by atoms with Crippen LogP contribution in [0.15, 0.2) is 77.4 Å². The van der Waals surface area contributed by atoms with Gasteiger partial charge in [0.05, 0.1) is 16.1 Å². The van der Waals surface area contributed by atoms with Crippen molar-refractivity contribution in [3.8, 4) is 0 Å². The number of carbonyl (C=O) groups excluding carboxylic acids is 4. The van der Waals surface area contributed by atoms with Crippen LogP contribution in [0.25, 0.3) is 0 Å². The number of unbranched alkanes of at least 4 members (excludes halogenated alkanes) is 3. The molecule has 21 heteroatoms. The maximum absolute atomic E-state index is 12.6. The molecule has 3 aliphatic heterocycles. The fourth-order valence-corrected chi connectivity index (χ4v) is 10.5. The van der Waals surface area contributed by atoms with E-state index in [-0.39, 0.29) is 86.8 Å². The van der Waals surface area contributed by atoms with Crippen molar-refractivity contribution < 1.29 is 62.7 Å². The van der Waals surface area contributed by atoms with Gasteiger partial charge in [-0.2, -0.15) is 29.8 Å². The van der Waals surface area contributed by atoms with E-state index in [0.29, 0.717) is 56.3 Å². The van der Waals surface area contributed by atoms with Crippen molar-refractivity contribution in [3.05, 3.63) is 89.2 Å². The standard InChI is InChI=1S/C48H65N5O13S3/c1-34-19-21-39-37(31-34)47(3,4)41(51(39)27-13-11-18-44(55)50-33-35(2)68(61,62)63)15-8-6-9-16-42-48(5,25-12-7-10-17-43(54)49-26-29-53-45(56)23-24-46(53)57)38-32-36(69(64,65)66)20-22-40(38)52(42)28-14-30-67(58,59)60/h6,8-9,15-16,19-22,31-32,35H,7,10-14,17-18,23-30,33H2,1-5H3,(H4-,49,50,54,55,58,59,60,61,62,63,64,65,66)/p+1. The first-order chi connectivity index (χ1) is 32.2. The zero-order valence-electron chi connectivity index (χ0n) is 39.9. The predicted molar refractivity (Wildman–Crippen MR) is 262 cm³/mol. The van der Waals surface area contributed by atoms with E-state index in [4.69, 9.17) is 0 Å². The molecule has 2 atom stereocenters. The molecule has 1 saturated heterocycles. The van der Waals surface area contributed by atoms with Gasteiger partial charge in [-0.3, -0.25) is 37.7 Å². The maximum Gasteiger partial charge on any atom is 0.294 e. The first kappa shape index (κ1) is 54.9. The lowest BCUT2D eigenvalue weighted by molar-refractivity contribution is -0.438. The average Bonchev–Trinajstić information content (AvgIpc) is 3.78. The third-order valence-electron chi connectivity index (χ3n) is 13.1. The van der Waals surface area contributed by atoms with Gasteiger partial charge in [-0.25, -0.2) is 0 Å². The van der Waals surface area contributed by atoms with Crippen LogP contribution in [0.4, 0.5) is 11.4 Å². The van der Waals surface area contributed by atoms with Crippen LogP contribution >= 0.6 is 0 Å². The van der Waals surface area contributed by atoms with Crippen molar-refractivity contribution in [1.82, 2.24) is 15.5 Å². The fourth-order valence-electron chi connectivity index (χ4n) is 9.20. The Kier molecular flexibility index (Phi) is 18.1. The molecule has 2 aromatic rings. The third-order valence-corrected chi connectivity index (χ3v) is 15.9. The molecule has 2 unspecified atom stereocenters. The van der Waals surface area contributed by atoms with Gasteiger partial charge in [-0.15, -0.1) is 0 Å². The Labute approximate surface area is 406 Å². The van der Waals surface area contributed by atoms with Gasteiger partial charge < -0.3 is 15.5 Å². The van der Waals surface area contributed by atoms with Crippen molar-refractivity contribution in [3.63, 3.8) is 0 Å². The fraction of sp³-hybridized carbons (Fsp3) is 0.521. The maximum atomic E-state index is 12.6. The number of nitrogens with one attached hydrogen (secondary N) is 2. The lowest BCUT2D eigenvalue weighted by atomic mass is 9.77. The average molecular weight is 1020 g/mol. The van der Waals surface area contributed by atoms with E-state index in [0.717, 1.165) is 33.1 Å². The first-order valence-electron chi connectivity index (χ1n) is 23.2. The molecular weight excluding hydrogens is 951 g/mol. The number of amides is 4. The molecular formula is C48H66N5O13S3+. The van der Waals surface area contributed by atoms with Crippen LogP contribution in [0.3, 0.4) is 0 Å². The topological polar surface area (TPSA) is 265 Å². The van der Waals surface area contributed by atoms with Crippen molar-refractivity contribution in [2.24, 2.45) is 0 Å². The second kappa shape index (κ2) is 22.8. The summed E-state index contributed by atoms with van der Waals surface area (Å²) in [6, 6.07) is 10.6. The molecule has 1 fully saturated rings. The Hall–Kier alpha value is -5.06. The Morgan fingerprint density at radius 2 is 1.45 bits per heavy atom. The van der Waals surface area contributed by atoms with Gasteiger partial charge in [0, 0.05) is 92.8 Å². The lowest BCUT2D eigenvalue weighted by Crippen LogP contribution is -2.37. The van der Waals surface area contributed by atoms with Crippen LogP contribution < -0.4 is 15.5 Å². The second-order valence-corrected chi connectivity index (χ2v) is 23.5. The molecule has 18 nitrogen and oxygen atoms in total. The molecule has 69 heavy (non-hydrogen) atoms. The highest BCUT2D eigenvalue weighted by atomic mass is 32.2.